The molecule has 2 aromatic rings. The molecule has 0 aromatic heterocycles. The normalized spacial score (nSPS) is 19.5. The van der Waals surface area contributed by atoms with Gasteiger partial charge in [-0.25, -0.2) is 0 Å². The minimum atomic E-state index is -3.45. The zero-order valence-corrected chi connectivity index (χ0v) is 20.9. The van der Waals surface area contributed by atoms with Gasteiger partial charge in [-0.2, -0.15) is 8.78 Å². The lowest BCUT2D eigenvalue weighted by Gasteiger charge is -2.29. The summed E-state index contributed by atoms with van der Waals surface area (Å²) in [6, 6.07) is 9.67. The number of hydrogen-bond donors (Lipinski definition) is 1. The molecule has 0 unspecified atom stereocenters. The third-order valence-electron chi connectivity index (χ3n) is 7.11. The first kappa shape index (κ1) is 25.5. The van der Waals surface area contributed by atoms with Crippen molar-refractivity contribution in [1.82, 2.24) is 0 Å². The lowest BCUT2D eigenvalue weighted by molar-refractivity contribution is -0.185. The minimum absolute atomic E-state index is 0.0608. The van der Waals surface area contributed by atoms with E-state index in [1.54, 1.807) is 6.92 Å². The Bertz CT molecular complexity index is 904. The highest BCUT2D eigenvalue weighted by molar-refractivity contribution is 5.49. The van der Waals surface area contributed by atoms with E-state index in [0.717, 1.165) is 24.3 Å². The Kier molecular flexibility index (Phi) is 8.08. The summed E-state index contributed by atoms with van der Waals surface area (Å²) >= 11 is 0. The summed E-state index contributed by atoms with van der Waals surface area (Å²) in [6.45, 7) is 9.73. The number of aryl methyl sites for hydroxylation is 1. The number of halogens is 2. The predicted octanol–water partition coefficient (Wildman–Crippen LogP) is 8.98. The van der Waals surface area contributed by atoms with Crippen LogP contribution in [-0.4, -0.2) is 5.11 Å². The van der Waals surface area contributed by atoms with E-state index in [2.05, 4.69) is 6.92 Å². The van der Waals surface area contributed by atoms with Crippen LogP contribution in [0.4, 0.5) is 8.78 Å². The molecule has 0 aliphatic heterocycles. The molecule has 1 aliphatic rings. The van der Waals surface area contributed by atoms with Gasteiger partial charge in [0.1, 0.15) is 11.5 Å². The summed E-state index contributed by atoms with van der Waals surface area (Å²) in [6.07, 6.45) is 6.56. The van der Waals surface area contributed by atoms with Gasteiger partial charge in [-0.15, -0.1) is 0 Å². The van der Waals surface area contributed by atoms with Crippen LogP contribution >= 0.6 is 0 Å². The number of phenols is 1. The van der Waals surface area contributed by atoms with Crippen LogP contribution in [0.2, 0.25) is 0 Å². The average molecular weight is 459 g/mol. The number of unbranched alkanes of at least 4 members (excludes halogenated alkanes) is 2. The number of alkyl halides is 2. The molecule has 0 spiro atoms. The van der Waals surface area contributed by atoms with Crippen LogP contribution in [-0.2, 0) is 11.5 Å². The van der Waals surface area contributed by atoms with Crippen LogP contribution in [0.3, 0.4) is 0 Å². The molecular formula is C29H40F2O2. The van der Waals surface area contributed by atoms with E-state index >= 15 is 0 Å². The van der Waals surface area contributed by atoms with E-state index < -0.39 is 6.11 Å². The van der Waals surface area contributed by atoms with Crippen LogP contribution in [0.25, 0.3) is 0 Å². The Morgan fingerprint density at radius 2 is 1.61 bits per heavy atom. The number of hydrogen-bond acceptors (Lipinski definition) is 2. The first-order valence-corrected chi connectivity index (χ1v) is 12.5. The Morgan fingerprint density at radius 1 is 0.970 bits per heavy atom. The van der Waals surface area contributed by atoms with Crippen molar-refractivity contribution in [3.05, 3.63) is 58.7 Å². The molecule has 1 aliphatic carbocycles. The molecule has 0 amide bonds. The standard InChI is InChI=1S/C29H40F2O2/c1-6-7-8-9-21-10-12-22(13-11-21)23-14-16-24(17-15-23)29(30,31)33-25-18-20(2)27(32)26(19-25)28(3,4)5/h14-19,21-22,32H,6-13H2,1-5H3. The summed E-state index contributed by atoms with van der Waals surface area (Å²) in [7, 11) is 0. The number of ether oxygens (including phenoxy) is 1. The first-order valence-electron chi connectivity index (χ1n) is 12.5. The number of rotatable bonds is 8. The summed E-state index contributed by atoms with van der Waals surface area (Å²) in [5.41, 5.74) is 1.72. The van der Waals surface area contributed by atoms with Crippen LogP contribution in [0.5, 0.6) is 11.5 Å². The second kappa shape index (κ2) is 10.4. The van der Waals surface area contributed by atoms with Crippen molar-refractivity contribution >= 4 is 0 Å². The van der Waals surface area contributed by atoms with Gasteiger partial charge in [-0.05, 0) is 85.3 Å². The van der Waals surface area contributed by atoms with E-state index in [1.165, 1.54) is 62.8 Å². The molecule has 2 nitrogen and oxygen atoms in total. The molecule has 0 bridgehead atoms. The zero-order valence-electron chi connectivity index (χ0n) is 20.9. The number of aromatic hydroxyl groups is 1. The molecule has 33 heavy (non-hydrogen) atoms. The monoisotopic (exact) mass is 458 g/mol. The van der Waals surface area contributed by atoms with Crippen LogP contribution in [0.15, 0.2) is 36.4 Å². The SMILES string of the molecule is CCCCCC1CCC(c2ccc(C(F)(F)Oc3cc(C)c(O)c(C(C)(C)C)c3)cc2)CC1. The maximum absolute atomic E-state index is 15.0. The summed E-state index contributed by atoms with van der Waals surface area (Å²) in [4.78, 5) is 0. The molecule has 0 saturated heterocycles. The molecule has 0 atom stereocenters. The zero-order chi connectivity index (χ0) is 24.2. The molecule has 1 fully saturated rings. The van der Waals surface area contributed by atoms with Gasteiger partial charge in [0.25, 0.3) is 0 Å². The molecule has 0 heterocycles. The van der Waals surface area contributed by atoms with Gasteiger partial charge in [0.15, 0.2) is 0 Å². The fourth-order valence-electron chi connectivity index (χ4n) is 5.00. The fraction of sp³-hybridized carbons (Fsp3) is 0.586. The molecule has 0 radical (unpaired) electrons. The summed E-state index contributed by atoms with van der Waals surface area (Å²) in [5.74, 6) is 1.48. The Balaban J connectivity index is 1.66. The molecule has 182 valence electrons. The highest BCUT2D eigenvalue weighted by Crippen LogP contribution is 2.41. The molecule has 2 aromatic carbocycles. The maximum Gasteiger partial charge on any atom is 0.426 e. The number of benzene rings is 2. The smallest absolute Gasteiger partial charge is 0.426 e. The molecule has 1 saturated carbocycles. The number of phenolic OH excluding ortho intramolecular Hbond substituents is 1. The van der Waals surface area contributed by atoms with E-state index in [-0.39, 0.29) is 22.5 Å². The Hall–Kier alpha value is -2.10. The molecule has 3 rings (SSSR count). The van der Waals surface area contributed by atoms with Crippen LogP contribution < -0.4 is 4.74 Å². The topological polar surface area (TPSA) is 29.5 Å². The highest BCUT2D eigenvalue weighted by atomic mass is 19.3. The quantitative estimate of drug-likeness (QED) is 0.400. The van der Waals surface area contributed by atoms with Gasteiger partial charge in [0, 0.05) is 5.56 Å². The van der Waals surface area contributed by atoms with Gasteiger partial charge >= 0.3 is 6.11 Å². The Labute approximate surface area is 198 Å². The molecule has 4 heteroatoms. The van der Waals surface area contributed by atoms with Crippen molar-refractivity contribution in [2.45, 2.75) is 103 Å². The van der Waals surface area contributed by atoms with E-state index in [9.17, 15) is 13.9 Å². The van der Waals surface area contributed by atoms with Crippen molar-refractivity contribution in [1.29, 1.82) is 0 Å². The van der Waals surface area contributed by atoms with E-state index in [4.69, 9.17) is 4.74 Å². The van der Waals surface area contributed by atoms with Gasteiger partial charge < -0.3 is 9.84 Å². The second-order valence-corrected chi connectivity index (χ2v) is 10.8. The lowest BCUT2D eigenvalue weighted by atomic mass is 9.77. The van der Waals surface area contributed by atoms with Crippen molar-refractivity contribution in [3.8, 4) is 11.5 Å². The fourth-order valence-corrected chi connectivity index (χ4v) is 5.00. The third-order valence-corrected chi connectivity index (χ3v) is 7.11. The average Bonchev–Trinajstić information content (AvgIpc) is 2.76. The Morgan fingerprint density at radius 3 is 2.18 bits per heavy atom. The van der Waals surface area contributed by atoms with Crippen molar-refractivity contribution in [2.75, 3.05) is 0 Å². The summed E-state index contributed by atoms with van der Waals surface area (Å²) < 4.78 is 35.1. The third kappa shape index (κ3) is 6.49. The largest absolute Gasteiger partial charge is 0.507 e. The van der Waals surface area contributed by atoms with Crippen LogP contribution in [0.1, 0.15) is 107 Å². The van der Waals surface area contributed by atoms with Crippen molar-refractivity contribution < 1.29 is 18.6 Å². The molecule has 1 N–H and O–H groups in total. The van der Waals surface area contributed by atoms with Crippen molar-refractivity contribution in [2.24, 2.45) is 5.92 Å². The minimum Gasteiger partial charge on any atom is -0.507 e. The maximum atomic E-state index is 15.0. The van der Waals surface area contributed by atoms with Crippen molar-refractivity contribution in [3.63, 3.8) is 0 Å². The van der Waals surface area contributed by atoms with Gasteiger partial charge in [0.05, 0.1) is 5.56 Å². The van der Waals surface area contributed by atoms with Gasteiger partial charge in [-0.1, -0.05) is 65.5 Å². The van der Waals surface area contributed by atoms with Gasteiger partial charge in [0.2, 0.25) is 0 Å². The predicted molar refractivity (Wildman–Crippen MR) is 131 cm³/mol. The van der Waals surface area contributed by atoms with Gasteiger partial charge in [-0.3, -0.25) is 0 Å². The first-order chi connectivity index (χ1) is 15.5. The van der Waals surface area contributed by atoms with E-state index in [0.29, 0.717) is 17.0 Å². The van der Waals surface area contributed by atoms with E-state index in [1.807, 2.05) is 32.9 Å². The van der Waals surface area contributed by atoms with Crippen LogP contribution in [0, 0.1) is 12.8 Å². The second-order valence-electron chi connectivity index (χ2n) is 10.8. The lowest BCUT2D eigenvalue weighted by Crippen LogP contribution is -2.22. The molecular weight excluding hydrogens is 418 g/mol. The highest BCUT2D eigenvalue weighted by Gasteiger charge is 2.35. The summed E-state index contributed by atoms with van der Waals surface area (Å²) in [5, 5.41) is 10.4.